The van der Waals surface area contributed by atoms with Crippen LogP contribution in [0.1, 0.15) is 18.4 Å². The zero-order valence-corrected chi connectivity index (χ0v) is 13.4. The van der Waals surface area contributed by atoms with Crippen LogP contribution in [-0.4, -0.2) is 26.0 Å². The fourth-order valence-corrected chi connectivity index (χ4v) is 6.30. The number of thiophene rings is 1. The predicted octanol–water partition coefficient (Wildman–Crippen LogP) is 2.99. The molecule has 3 nitrogen and oxygen atoms in total. The van der Waals surface area contributed by atoms with Crippen LogP contribution >= 0.6 is 39.0 Å². The number of nitrogens with one attached hydrogen (secondary N) is 1. The molecule has 1 saturated heterocycles. The second-order valence-corrected chi connectivity index (χ2v) is 9.78. The van der Waals surface area contributed by atoms with Crippen LogP contribution in [0.4, 0.5) is 0 Å². The number of thioether (sulfide) groups is 1. The van der Waals surface area contributed by atoms with E-state index in [1.165, 1.54) is 17.8 Å². The second-order valence-electron chi connectivity index (χ2n) is 4.01. The maximum atomic E-state index is 12.0. The normalized spacial score (nSPS) is 20.9. The molecule has 0 saturated carbocycles. The Hall–Kier alpha value is 0.440. The van der Waals surface area contributed by atoms with Gasteiger partial charge in [-0.2, -0.15) is 11.8 Å². The predicted molar refractivity (Wildman–Crippen MR) is 77.4 cm³/mol. The Labute approximate surface area is 119 Å². The molecule has 1 fully saturated rings. The molecule has 0 aromatic carbocycles. The molecule has 1 aromatic heterocycles. The van der Waals surface area contributed by atoms with Gasteiger partial charge in [0.25, 0.3) is 0 Å². The van der Waals surface area contributed by atoms with Gasteiger partial charge in [-0.15, -0.1) is 11.3 Å². The van der Waals surface area contributed by atoms with Gasteiger partial charge in [-0.05, 0) is 53.1 Å². The van der Waals surface area contributed by atoms with Gasteiger partial charge in [-0.25, -0.2) is 13.1 Å². The summed E-state index contributed by atoms with van der Waals surface area (Å²) < 4.78 is 28.0. The largest absolute Gasteiger partial charge is 0.250 e. The number of aryl methyl sites for hydroxylation is 1. The van der Waals surface area contributed by atoms with E-state index in [1.807, 2.05) is 18.7 Å². The van der Waals surface area contributed by atoms with Crippen molar-refractivity contribution in [1.29, 1.82) is 0 Å². The van der Waals surface area contributed by atoms with Crippen LogP contribution in [0.2, 0.25) is 0 Å². The van der Waals surface area contributed by atoms with Gasteiger partial charge in [0.15, 0.2) is 0 Å². The van der Waals surface area contributed by atoms with E-state index in [9.17, 15) is 8.42 Å². The van der Waals surface area contributed by atoms with Crippen molar-refractivity contribution in [2.75, 3.05) is 12.3 Å². The molecule has 1 aliphatic heterocycles. The highest BCUT2D eigenvalue weighted by Crippen LogP contribution is 2.31. The van der Waals surface area contributed by atoms with Gasteiger partial charge in [0.2, 0.25) is 10.0 Å². The van der Waals surface area contributed by atoms with Crippen molar-refractivity contribution in [3.8, 4) is 0 Å². The molecule has 1 aliphatic rings. The molecule has 0 radical (unpaired) electrons. The van der Waals surface area contributed by atoms with Crippen LogP contribution in [0.5, 0.6) is 0 Å². The van der Waals surface area contributed by atoms with Crippen LogP contribution in [0.15, 0.2) is 14.1 Å². The van der Waals surface area contributed by atoms with E-state index in [-0.39, 0.29) is 0 Å². The summed E-state index contributed by atoms with van der Waals surface area (Å²) in [5, 5.41) is 0.439. The third-order valence-electron chi connectivity index (χ3n) is 2.62. The molecule has 0 amide bonds. The van der Waals surface area contributed by atoms with Crippen molar-refractivity contribution in [2.45, 2.75) is 29.2 Å². The van der Waals surface area contributed by atoms with Crippen molar-refractivity contribution in [1.82, 2.24) is 4.72 Å². The minimum atomic E-state index is -3.32. The molecule has 0 spiro atoms. The van der Waals surface area contributed by atoms with Crippen LogP contribution < -0.4 is 4.72 Å². The van der Waals surface area contributed by atoms with Crippen molar-refractivity contribution in [2.24, 2.45) is 0 Å². The van der Waals surface area contributed by atoms with Gasteiger partial charge in [0.05, 0.1) is 3.79 Å². The van der Waals surface area contributed by atoms with Crippen LogP contribution in [-0.2, 0) is 10.0 Å². The quantitative estimate of drug-likeness (QED) is 0.902. The molecular formula is C10H14BrNO2S3. The van der Waals surface area contributed by atoms with Crippen molar-refractivity contribution in [3.63, 3.8) is 0 Å². The summed E-state index contributed by atoms with van der Waals surface area (Å²) in [4.78, 5) is 0. The van der Waals surface area contributed by atoms with Gasteiger partial charge < -0.3 is 0 Å². The summed E-state index contributed by atoms with van der Waals surface area (Å²) in [5.41, 5.74) is 0.964. The Bertz CT molecular complexity index is 472. The topological polar surface area (TPSA) is 46.2 Å². The molecule has 7 heteroatoms. The fourth-order valence-electron chi connectivity index (χ4n) is 1.64. The first-order valence-corrected chi connectivity index (χ1v) is 9.50. The van der Waals surface area contributed by atoms with Gasteiger partial charge in [0.1, 0.15) is 4.21 Å². The maximum Gasteiger partial charge on any atom is 0.250 e. The summed E-state index contributed by atoms with van der Waals surface area (Å²) in [6.45, 7) is 2.44. The Balaban J connectivity index is 2.03. The third-order valence-corrected chi connectivity index (χ3v) is 8.06. The van der Waals surface area contributed by atoms with Crippen molar-refractivity contribution >= 4 is 49.1 Å². The highest BCUT2D eigenvalue weighted by Gasteiger charge is 2.22. The van der Waals surface area contributed by atoms with E-state index in [2.05, 4.69) is 20.7 Å². The average Bonchev–Trinajstić information content (AvgIpc) is 2.87. The van der Waals surface area contributed by atoms with Crippen molar-refractivity contribution < 1.29 is 8.42 Å². The van der Waals surface area contributed by atoms with Crippen LogP contribution in [0, 0.1) is 6.92 Å². The van der Waals surface area contributed by atoms with E-state index in [0.29, 0.717) is 16.0 Å². The van der Waals surface area contributed by atoms with Gasteiger partial charge in [-0.1, -0.05) is 0 Å². The highest BCUT2D eigenvalue weighted by atomic mass is 79.9. The Morgan fingerprint density at radius 3 is 2.88 bits per heavy atom. The Morgan fingerprint density at radius 2 is 2.35 bits per heavy atom. The van der Waals surface area contributed by atoms with Crippen LogP contribution in [0.25, 0.3) is 0 Å². The molecule has 96 valence electrons. The van der Waals surface area contributed by atoms with E-state index in [1.54, 1.807) is 6.07 Å². The summed E-state index contributed by atoms with van der Waals surface area (Å²) in [6, 6.07) is 1.71. The maximum absolute atomic E-state index is 12.0. The van der Waals surface area contributed by atoms with Gasteiger partial charge in [0, 0.05) is 11.8 Å². The number of rotatable bonds is 4. The zero-order valence-electron chi connectivity index (χ0n) is 9.40. The lowest BCUT2D eigenvalue weighted by molar-refractivity contribution is 0.581. The smallest absolute Gasteiger partial charge is 0.209 e. The number of hydrogen-bond donors (Lipinski definition) is 1. The molecule has 1 N–H and O–H groups in total. The number of sulfonamides is 1. The minimum Gasteiger partial charge on any atom is -0.209 e. The Morgan fingerprint density at radius 1 is 1.59 bits per heavy atom. The minimum absolute atomic E-state index is 0.393. The van der Waals surface area contributed by atoms with E-state index in [4.69, 9.17) is 0 Å². The molecule has 1 aromatic rings. The SMILES string of the molecule is Cc1cc(S(=O)(=O)NCC2CCCS2)sc1Br. The molecule has 2 heterocycles. The molecule has 2 rings (SSSR count). The monoisotopic (exact) mass is 355 g/mol. The first kappa shape index (κ1) is 13.9. The first-order valence-electron chi connectivity index (χ1n) is 5.36. The van der Waals surface area contributed by atoms with Gasteiger partial charge in [-0.3, -0.25) is 0 Å². The Kier molecular flexibility index (Phi) is 4.57. The standard InChI is InChI=1S/C10H14BrNO2S3/c1-7-5-9(16-10(7)11)17(13,14)12-6-8-3-2-4-15-8/h5,8,12H,2-4,6H2,1H3. The molecule has 1 atom stereocenters. The second kappa shape index (κ2) is 5.61. The highest BCUT2D eigenvalue weighted by molar-refractivity contribution is 9.11. The lowest BCUT2D eigenvalue weighted by Crippen LogP contribution is -2.29. The summed E-state index contributed by atoms with van der Waals surface area (Å²) in [7, 11) is -3.32. The lowest BCUT2D eigenvalue weighted by atomic mass is 10.2. The molecule has 1 unspecified atom stereocenters. The average molecular weight is 356 g/mol. The molecular weight excluding hydrogens is 342 g/mol. The lowest BCUT2D eigenvalue weighted by Gasteiger charge is -2.09. The summed E-state index contributed by atoms with van der Waals surface area (Å²) >= 11 is 6.47. The number of halogens is 1. The molecule has 17 heavy (non-hydrogen) atoms. The third kappa shape index (κ3) is 3.47. The van der Waals surface area contributed by atoms with E-state index in [0.717, 1.165) is 21.5 Å². The van der Waals surface area contributed by atoms with Gasteiger partial charge >= 0.3 is 0 Å². The van der Waals surface area contributed by atoms with Crippen LogP contribution in [0.3, 0.4) is 0 Å². The van der Waals surface area contributed by atoms with Crippen molar-refractivity contribution in [3.05, 3.63) is 15.4 Å². The number of hydrogen-bond acceptors (Lipinski definition) is 4. The fraction of sp³-hybridized carbons (Fsp3) is 0.600. The molecule has 0 aliphatic carbocycles. The first-order chi connectivity index (χ1) is 7.99. The summed E-state index contributed by atoms with van der Waals surface area (Å²) in [6.07, 6.45) is 2.31. The van der Waals surface area contributed by atoms with E-state index < -0.39 is 10.0 Å². The molecule has 0 bridgehead atoms. The summed E-state index contributed by atoms with van der Waals surface area (Å²) in [5.74, 6) is 1.15. The zero-order chi connectivity index (χ0) is 12.5. The van der Waals surface area contributed by atoms with E-state index >= 15 is 0 Å².